The third-order valence-corrected chi connectivity index (χ3v) is 20.4. The van der Waals surface area contributed by atoms with Crippen LogP contribution in [0.3, 0.4) is 0 Å². The van der Waals surface area contributed by atoms with Gasteiger partial charge >= 0.3 is 0 Å². The maximum absolute atomic E-state index is 11.3. The maximum Gasteiger partial charge on any atom is 0.170 e. The first-order valence-electron chi connectivity index (χ1n) is 36.4. The first-order chi connectivity index (χ1) is 55.4. The Balaban J connectivity index is 0.830. The Bertz CT molecular complexity index is 6590. The monoisotopic (exact) mass is 1490 g/mol. The Labute approximate surface area is 657 Å². The zero-order valence-corrected chi connectivity index (χ0v) is 62.1. The van der Waals surface area contributed by atoms with Gasteiger partial charge in [0.05, 0.1) is 0 Å². The molecule has 1 N–H and O–H groups in total. The largest absolute Gasteiger partial charge is 0.508 e. The number of ether oxygens (including phenoxy) is 11. The highest BCUT2D eigenvalue weighted by molar-refractivity contribution is 5.88. The lowest BCUT2D eigenvalue weighted by atomic mass is 9.72. The van der Waals surface area contributed by atoms with Crippen LogP contribution in [0.2, 0.25) is 0 Å². The molecule has 1 unspecified atom stereocenters. The van der Waals surface area contributed by atoms with Crippen LogP contribution in [0, 0.1) is 82.4 Å². The number of terminal acetylenes is 3. The summed E-state index contributed by atoms with van der Waals surface area (Å²) in [5.41, 5.74) is 1.71. The van der Waals surface area contributed by atoms with Crippen LogP contribution < -0.4 is 52.1 Å². The van der Waals surface area contributed by atoms with Gasteiger partial charge < -0.3 is 57.2 Å². The highest BCUT2D eigenvalue weighted by atomic mass is 16.5. The molecule has 0 aliphatic heterocycles. The van der Waals surface area contributed by atoms with Crippen LogP contribution >= 0.6 is 0 Å². The molecular weight excluding hydrogens is 1430 g/mol. The molecule has 16 heteroatoms. The number of phenolic OH excluding ortho intramolecular Hbond substituents is 1. The van der Waals surface area contributed by atoms with Gasteiger partial charge in [0.25, 0.3) is 0 Å². The predicted molar refractivity (Wildman–Crippen MR) is 435 cm³/mol. The van der Waals surface area contributed by atoms with Crippen molar-refractivity contribution in [3.05, 3.63) is 287 Å². The topological polar surface area (TPSA) is 217 Å². The summed E-state index contributed by atoms with van der Waals surface area (Å²) in [7, 11) is 0. The second kappa shape index (κ2) is 30.1. The van der Waals surface area contributed by atoms with Crippen molar-refractivity contribution in [1.29, 1.82) is 21.0 Å². The van der Waals surface area contributed by atoms with Gasteiger partial charge in [-0.2, -0.15) is 21.0 Å². The van der Waals surface area contributed by atoms with Crippen LogP contribution in [-0.4, -0.2) is 24.9 Å². The average Bonchev–Trinajstić information content (AvgIpc) is 1.52. The normalized spacial score (nSPS) is 13.8. The molecule has 1 spiro atoms. The fourth-order valence-corrected chi connectivity index (χ4v) is 15.5. The predicted octanol–water partition coefficient (Wildman–Crippen LogP) is 23.5. The van der Waals surface area contributed by atoms with Gasteiger partial charge in [-0.15, -0.1) is 19.3 Å². The molecule has 114 heavy (non-hydrogen) atoms. The van der Waals surface area contributed by atoms with E-state index in [-0.39, 0.29) is 117 Å². The number of phenols is 1. The summed E-state index contributed by atoms with van der Waals surface area (Å²) in [6.45, 7) is 8.98. The number of hydrogen-bond donors (Lipinski definition) is 1. The van der Waals surface area contributed by atoms with Gasteiger partial charge in [0.15, 0.2) is 23.0 Å². The van der Waals surface area contributed by atoms with Crippen molar-refractivity contribution in [2.45, 2.75) is 56.8 Å². The Kier molecular flexibility index (Phi) is 19.1. The van der Waals surface area contributed by atoms with E-state index in [9.17, 15) is 26.2 Å². The SMILES string of the molecule is C#CCOc1ccc2ccc(Oc3cccc(Oc4cc5c(cc4Oc4cccc(Oc6ccc7ccc(O)cc7c6)c4C#N)C4(CC5(C)C)CC(C)(C)c5cc(Oc6cccc(Oc7ccc8ccc(OCC#C)cc8c7)c6C#N)c(Oc6cccc(Oc7ccc8ccc(OCC#C)cc8c7)c6C#N)cc54)c3C#N)cc2c1. The minimum absolute atomic E-state index is 0.0610. The molecule has 0 aromatic heterocycles. The molecule has 0 bridgehead atoms. The lowest BCUT2D eigenvalue weighted by Crippen LogP contribution is -2.27. The highest BCUT2D eigenvalue weighted by Gasteiger charge is 2.57. The smallest absolute Gasteiger partial charge is 0.170 e. The molecule has 0 amide bonds. The lowest BCUT2D eigenvalue weighted by molar-refractivity contribution is 0.349. The first-order valence-corrected chi connectivity index (χ1v) is 36.4. The molecule has 2 aliphatic carbocycles. The van der Waals surface area contributed by atoms with Crippen molar-refractivity contribution < 1.29 is 57.2 Å². The molecule has 14 aromatic carbocycles. The van der Waals surface area contributed by atoms with Crippen LogP contribution in [0.1, 0.15) is 85.0 Å². The maximum atomic E-state index is 11.3. The van der Waals surface area contributed by atoms with Crippen molar-refractivity contribution in [2.24, 2.45) is 0 Å². The second-order valence-electron chi connectivity index (χ2n) is 28.9. The van der Waals surface area contributed by atoms with Gasteiger partial charge in [-0.25, -0.2) is 0 Å². The van der Waals surface area contributed by atoms with Crippen molar-refractivity contribution in [3.8, 4) is 176 Å². The molecule has 1 atom stereocenters. The van der Waals surface area contributed by atoms with Gasteiger partial charge in [-0.1, -0.05) is 118 Å². The zero-order valence-electron chi connectivity index (χ0n) is 62.1. The number of hydrogen-bond acceptors (Lipinski definition) is 16. The quantitative estimate of drug-likeness (QED) is 0.0624. The summed E-state index contributed by atoms with van der Waals surface area (Å²) in [4.78, 5) is 0. The van der Waals surface area contributed by atoms with E-state index in [2.05, 4.69) is 69.7 Å². The Morgan fingerprint density at radius 1 is 0.281 bits per heavy atom. The molecule has 14 aromatic rings. The molecule has 2 aliphatic rings. The lowest BCUT2D eigenvalue weighted by Gasteiger charge is -2.31. The number of rotatable bonds is 22. The van der Waals surface area contributed by atoms with Crippen molar-refractivity contribution in [1.82, 2.24) is 0 Å². The number of benzene rings is 14. The summed E-state index contributed by atoms with van der Waals surface area (Å²) in [5.74, 6) is 13.2. The molecule has 0 fully saturated rings. The van der Waals surface area contributed by atoms with Crippen molar-refractivity contribution in [2.75, 3.05) is 19.8 Å². The van der Waals surface area contributed by atoms with E-state index in [0.29, 0.717) is 53.1 Å². The van der Waals surface area contributed by atoms with Crippen LogP contribution in [0.25, 0.3) is 43.1 Å². The van der Waals surface area contributed by atoms with E-state index in [1.807, 2.05) is 140 Å². The van der Waals surface area contributed by atoms with Crippen LogP contribution in [0.4, 0.5) is 0 Å². The minimum Gasteiger partial charge on any atom is -0.508 e. The molecule has 0 radical (unpaired) electrons. The molecular formula is C98H66N4O12. The molecule has 550 valence electrons. The summed E-state index contributed by atoms with van der Waals surface area (Å²) in [6.07, 6.45) is 17.6. The van der Waals surface area contributed by atoms with Crippen molar-refractivity contribution >= 4 is 43.1 Å². The van der Waals surface area contributed by atoms with Crippen LogP contribution in [0.5, 0.6) is 115 Å². The van der Waals surface area contributed by atoms with E-state index in [1.165, 1.54) is 0 Å². The summed E-state index contributed by atoms with van der Waals surface area (Å²) in [6, 6.07) is 81.7. The van der Waals surface area contributed by atoms with E-state index in [4.69, 9.17) is 71.4 Å². The molecule has 16 rings (SSSR count). The number of fused-ring (bicyclic) bond motifs is 8. The average molecular weight is 1490 g/mol. The van der Waals surface area contributed by atoms with Gasteiger partial charge in [0, 0.05) is 5.41 Å². The van der Waals surface area contributed by atoms with E-state index in [0.717, 1.165) is 65.3 Å². The van der Waals surface area contributed by atoms with E-state index in [1.54, 1.807) is 103 Å². The van der Waals surface area contributed by atoms with E-state index >= 15 is 0 Å². The number of nitrogens with zero attached hydrogens (tertiary/aromatic N) is 4. The van der Waals surface area contributed by atoms with Gasteiger partial charge in [-0.05, 0) is 259 Å². The third-order valence-electron chi connectivity index (χ3n) is 20.4. The second-order valence-corrected chi connectivity index (χ2v) is 28.9. The third kappa shape index (κ3) is 14.2. The first kappa shape index (κ1) is 72.6. The highest BCUT2D eigenvalue weighted by Crippen LogP contribution is 2.66. The van der Waals surface area contributed by atoms with Gasteiger partial charge in [0.2, 0.25) is 0 Å². The number of nitriles is 4. The molecule has 0 heterocycles. The van der Waals surface area contributed by atoms with E-state index < -0.39 is 16.2 Å². The van der Waals surface area contributed by atoms with Crippen LogP contribution in [-0.2, 0) is 16.2 Å². The minimum atomic E-state index is -0.859. The fourth-order valence-electron chi connectivity index (χ4n) is 15.5. The van der Waals surface area contributed by atoms with Gasteiger partial charge in [0.1, 0.15) is 158 Å². The fraction of sp³-hybridized carbons (Fsp3) is 0.122. The number of aromatic hydroxyl groups is 1. The standard InChI is InChI=1S/C98H66N4O12/c1-8-39-104-69-32-24-61-28-36-73(47-65(61)43-69)108-85-16-11-19-88(76(85)54-99)111-92-50-80-82(52-94(92)113-90-21-13-15-84(78(90)56-101)107-72-35-27-60-23-31-68(103)42-64(60)46-72)98(58-96(80,4)5)59-97(6,7)81-51-93(112-89-20-12-17-86(77(89)55-100)109-74-37-29-62-25-33-70(105-40-9-2)44-66(62)48-74)95(53-83(81)98)114-91-22-14-18-87(79(91)57-102)110-75-38-30-63-26-34-71(106-41-10-3)45-67(63)49-75/h1-3,11-38,42-53,103H,39-41,58-59H2,4-7H3. The summed E-state index contributed by atoms with van der Waals surface area (Å²) in [5, 5.41) is 62.1. The summed E-state index contributed by atoms with van der Waals surface area (Å²) >= 11 is 0. The zero-order chi connectivity index (χ0) is 78.8. The van der Waals surface area contributed by atoms with Gasteiger partial charge in [-0.3, -0.25) is 0 Å². The Morgan fingerprint density at radius 2 is 0.518 bits per heavy atom. The summed E-state index contributed by atoms with van der Waals surface area (Å²) < 4.78 is 71.9. The van der Waals surface area contributed by atoms with Crippen molar-refractivity contribution in [3.63, 3.8) is 0 Å². The van der Waals surface area contributed by atoms with Crippen LogP contribution in [0.15, 0.2) is 243 Å². The molecule has 16 nitrogen and oxygen atoms in total. The Hall–Kier alpha value is -15.6. The molecule has 0 saturated heterocycles. The molecule has 0 saturated carbocycles. The Morgan fingerprint density at radius 3 is 0.789 bits per heavy atom.